The van der Waals surface area contributed by atoms with Gasteiger partial charge in [-0.15, -0.1) is 0 Å². The van der Waals surface area contributed by atoms with Crippen LogP contribution in [-0.4, -0.2) is 49.7 Å². The van der Waals surface area contributed by atoms with Gasteiger partial charge in [0.1, 0.15) is 0 Å². The third-order valence-electron chi connectivity index (χ3n) is 4.60. The molecule has 23 heavy (non-hydrogen) atoms. The Morgan fingerprint density at radius 1 is 1.13 bits per heavy atom. The largest absolute Gasteiger partial charge is 0.379 e. The molecule has 0 saturated carbocycles. The molecule has 1 aliphatic heterocycles. The van der Waals surface area contributed by atoms with E-state index in [9.17, 15) is 4.79 Å². The van der Waals surface area contributed by atoms with Gasteiger partial charge in [0, 0.05) is 31.2 Å². The number of benzene rings is 1. The first kappa shape index (κ1) is 18.0. The van der Waals surface area contributed by atoms with Crippen LogP contribution in [-0.2, 0) is 4.74 Å². The zero-order valence-electron chi connectivity index (χ0n) is 14.8. The van der Waals surface area contributed by atoms with E-state index in [0.29, 0.717) is 24.4 Å². The summed E-state index contributed by atoms with van der Waals surface area (Å²) in [4.78, 5) is 14.8. The second-order valence-corrected chi connectivity index (χ2v) is 6.95. The van der Waals surface area contributed by atoms with Gasteiger partial charge < -0.3 is 10.1 Å². The number of hydrogen-bond donors (Lipinski definition) is 1. The topological polar surface area (TPSA) is 41.6 Å². The van der Waals surface area contributed by atoms with E-state index < -0.39 is 0 Å². The Balaban J connectivity index is 1.92. The normalized spacial score (nSPS) is 17.5. The van der Waals surface area contributed by atoms with Crippen molar-refractivity contribution in [3.63, 3.8) is 0 Å². The Morgan fingerprint density at radius 3 is 2.26 bits per heavy atom. The molecule has 128 valence electrons. The second kappa shape index (κ2) is 8.46. The van der Waals surface area contributed by atoms with E-state index in [-0.39, 0.29) is 5.91 Å². The highest BCUT2D eigenvalue weighted by atomic mass is 16.5. The summed E-state index contributed by atoms with van der Waals surface area (Å²) < 4.78 is 5.43. The first-order valence-electron chi connectivity index (χ1n) is 8.69. The SMILES string of the molecule is CC(C)c1ccc(C(=O)NCC(C(C)C)N2CCOCC2)cc1. The average molecular weight is 318 g/mol. The van der Waals surface area contributed by atoms with E-state index in [1.165, 1.54) is 5.56 Å². The summed E-state index contributed by atoms with van der Waals surface area (Å²) in [6.07, 6.45) is 0. The zero-order chi connectivity index (χ0) is 16.8. The number of nitrogens with one attached hydrogen (secondary N) is 1. The molecule has 1 aromatic carbocycles. The van der Waals surface area contributed by atoms with Gasteiger partial charge in [-0.2, -0.15) is 0 Å². The first-order valence-corrected chi connectivity index (χ1v) is 8.69. The summed E-state index contributed by atoms with van der Waals surface area (Å²) >= 11 is 0. The van der Waals surface area contributed by atoms with Crippen LogP contribution in [0, 0.1) is 5.92 Å². The highest BCUT2D eigenvalue weighted by Gasteiger charge is 2.24. The van der Waals surface area contributed by atoms with Crippen molar-refractivity contribution in [2.24, 2.45) is 5.92 Å². The zero-order valence-corrected chi connectivity index (χ0v) is 14.8. The Kier molecular flexibility index (Phi) is 6.60. The maximum absolute atomic E-state index is 12.4. The number of morpholine rings is 1. The van der Waals surface area contributed by atoms with Gasteiger partial charge in [-0.25, -0.2) is 0 Å². The van der Waals surface area contributed by atoms with E-state index in [1.54, 1.807) is 0 Å². The lowest BCUT2D eigenvalue weighted by atomic mass is 10.0. The maximum Gasteiger partial charge on any atom is 0.251 e. The molecule has 1 N–H and O–H groups in total. The monoisotopic (exact) mass is 318 g/mol. The van der Waals surface area contributed by atoms with Crippen LogP contribution in [0.3, 0.4) is 0 Å². The molecule has 1 aromatic rings. The predicted molar refractivity (Wildman–Crippen MR) is 93.9 cm³/mol. The lowest BCUT2D eigenvalue weighted by molar-refractivity contribution is 0.00673. The van der Waals surface area contributed by atoms with Gasteiger partial charge >= 0.3 is 0 Å². The molecule has 1 unspecified atom stereocenters. The minimum atomic E-state index is 0.0132. The summed E-state index contributed by atoms with van der Waals surface area (Å²) in [6, 6.07) is 8.29. The molecule has 1 fully saturated rings. The third-order valence-corrected chi connectivity index (χ3v) is 4.60. The number of hydrogen-bond acceptors (Lipinski definition) is 3. The van der Waals surface area contributed by atoms with Crippen LogP contribution in [0.15, 0.2) is 24.3 Å². The fraction of sp³-hybridized carbons (Fsp3) is 0.632. The number of carbonyl (C=O) groups is 1. The van der Waals surface area contributed by atoms with Crippen LogP contribution >= 0.6 is 0 Å². The molecule has 0 bridgehead atoms. The lowest BCUT2D eigenvalue weighted by Crippen LogP contribution is -2.51. The Hall–Kier alpha value is -1.39. The molecule has 1 heterocycles. The standard InChI is InChI=1S/C19H30N2O2/c1-14(2)16-5-7-17(8-6-16)19(22)20-13-18(15(3)4)21-9-11-23-12-10-21/h5-8,14-15,18H,9-13H2,1-4H3,(H,20,22). The Labute approximate surface area is 140 Å². The van der Waals surface area contributed by atoms with Crippen LogP contribution in [0.2, 0.25) is 0 Å². The molecule has 4 nitrogen and oxygen atoms in total. The van der Waals surface area contributed by atoms with Crippen LogP contribution in [0.5, 0.6) is 0 Å². The van der Waals surface area contributed by atoms with Gasteiger partial charge in [-0.1, -0.05) is 39.8 Å². The summed E-state index contributed by atoms with van der Waals surface area (Å²) in [7, 11) is 0. The van der Waals surface area contributed by atoms with Gasteiger partial charge in [0.25, 0.3) is 5.91 Å². The van der Waals surface area contributed by atoms with Crippen molar-refractivity contribution in [2.75, 3.05) is 32.8 Å². The molecule has 1 amide bonds. The lowest BCUT2D eigenvalue weighted by Gasteiger charge is -2.36. The first-order chi connectivity index (χ1) is 11.0. The fourth-order valence-corrected chi connectivity index (χ4v) is 3.01. The Bertz CT molecular complexity index is 491. The van der Waals surface area contributed by atoms with Gasteiger partial charge in [0.2, 0.25) is 0 Å². The molecular formula is C19H30N2O2. The van der Waals surface area contributed by atoms with E-state index >= 15 is 0 Å². The maximum atomic E-state index is 12.4. The average Bonchev–Trinajstić information content (AvgIpc) is 2.55. The van der Waals surface area contributed by atoms with Crippen LogP contribution in [0.1, 0.15) is 49.5 Å². The van der Waals surface area contributed by atoms with Gasteiger partial charge in [0.15, 0.2) is 0 Å². The number of nitrogens with zero attached hydrogens (tertiary/aromatic N) is 1. The molecule has 0 aliphatic carbocycles. The fourth-order valence-electron chi connectivity index (χ4n) is 3.01. The van der Waals surface area contributed by atoms with Crippen molar-refractivity contribution in [3.05, 3.63) is 35.4 Å². The Morgan fingerprint density at radius 2 is 1.74 bits per heavy atom. The smallest absolute Gasteiger partial charge is 0.251 e. The minimum absolute atomic E-state index is 0.0132. The molecule has 0 aromatic heterocycles. The highest BCUT2D eigenvalue weighted by molar-refractivity contribution is 5.94. The minimum Gasteiger partial charge on any atom is -0.379 e. The molecule has 4 heteroatoms. The summed E-state index contributed by atoms with van der Waals surface area (Å²) in [6.45, 7) is 12.9. The second-order valence-electron chi connectivity index (χ2n) is 6.95. The summed E-state index contributed by atoms with van der Waals surface area (Å²) in [5, 5.41) is 3.10. The van der Waals surface area contributed by atoms with Crippen molar-refractivity contribution in [1.29, 1.82) is 0 Å². The third kappa shape index (κ3) is 5.05. The summed E-state index contributed by atoms with van der Waals surface area (Å²) in [5.74, 6) is 0.995. The van der Waals surface area contributed by atoms with Crippen molar-refractivity contribution in [3.8, 4) is 0 Å². The van der Waals surface area contributed by atoms with Crippen LogP contribution in [0.4, 0.5) is 0 Å². The molecule has 2 rings (SSSR count). The molecule has 0 spiro atoms. The van der Waals surface area contributed by atoms with Gasteiger partial charge in [0.05, 0.1) is 13.2 Å². The van der Waals surface area contributed by atoms with Crippen molar-refractivity contribution in [2.45, 2.75) is 39.7 Å². The van der Waals surface area contributed by atoms with Crippen molar-refractivity contribution >= 4 is 5.91 Å². The van der Waals surface area contributed by atoms with E-state index in [2.05, 4.69) is 37.9 Å². The molecular weight excluding hydrogens is 288 g/mol. The van der Waals surface area contributed by atoms with Crippen molar-refractivity contribution in [1.82, 2.24) is 10.2 Å². The van der Waals surface area contributed by atoms with Crippen LogP contribution in [0.25, 0.3) is 0 Å². The number of ether oxygens (including phenoxy) is 1. The predicted octanol–water partition coefficient (Wildman–Crippen LogP) is 2.90. The van der Waals surface area contributed by atoms with Crippen LogP contribution < -0.4 is 5.32 Å². The van der Waals surface area contributed by atoms with E-state index in [4.69, 9.17) is 4.74 Å². The highest BCUT2D eigenvalue weighted by Crippen LogP contribution is 2.15. The van der Waals surface area contributed by atoms with E-state index in [0.717, 1.165) is 31.9 Å². The van der Waals surface area contributed by atoms with Gasteiger partial charge in [-0.05, 0) is 29.5 Å². The molecule has 1 atom stereocenters. The summed E-state index contributed by atoms with van der Waals surface area (Å²) in [5.41, 5.74) is 1.99. The van der Waals surface area contributed by atoms with Gasteiger partial charge in [-0.3, -0.25) is 9.69 Å². The number of carbonyl (C=O) groups excluding carboxylic acids is 1. The number of rotatable bonds is 6. The molecule has 1 aliphatic rings. The molecule has 1 saturated heterocycles. The quantitative estimate of drug-likeness (QED) is 0.877. The molecule has 0 radical (unpaired) electrons. The van der Waals surface area contributed by atoms with E-state index in [1.807, 2.05) is 24.3 Å². The van der Waals surface area contributed by atoms with Crippen molar-refractivity contribution < 1.29 is 9.53 Å². The number of amides is 1.